The maximum Gasteiger partial charge on any atom is 0.280 e. The molecule has 12 heavy (non-hydrogen) atoms. The van der Waals surface area contributed by atoms with E-state index in [1.165, 1.54) is 6.92 Å². The van der Waals surface area contributed by atoms with Crippen molar-refractivity contribution in [2.45, 2.75) is 37.8 Å². The summed E-state index contributed by atoms with van der Waals surface area (Å²) in [6, 6.07) is 0. The van der Waals surface area contributed by atoms with Gasteiger partial charge in [-0.1, -0.05) is 6.92 Å². The maximum absolute atomic E-state index is 13.1. The van der Waals surface area contributed by atoms with Gasteiger partial charge >= 0.3 is 0 Å². The zero-order valence-corrected chi connectivity index (χ0v) is 6.95. The van der Waals surface area contributed by atoms with Gasteiger partial charge in [-0.3, -0.25) is 0 Å². The molecule has 0 unspecified atom stereocenters. The summed E-state index contributed by atoms with van der Waals surface area (Å²) in [6.45, 7) is 1.46. The van der Waals surface area contributed by atoms with Crippen molar-refractivity contribution in [1.29, 1.82) is 0 Å². The topological polar surface area (TPSA) is 43.9 Å². The molecule has 1 aliphatic rings. The van der Waals surface area contributed by atoms with Gasteiger partial charge < -0.3 is 0 Å². The second-order valence-electron chi connectivity index (χ2n) is 2.92. The fraction of sp³-hybridized carbons (Fsp3) is 0.750. The molecule has 2 nitrogen and oxygen atoms in total. The van der Waals surface area contributed by atoms with Crippen molar-refractivity contribution < 1.29 is 8.78 Å². The van der Waals surface area contributed by atoms with Crippen LogP contribution in [0, 0.1) is 12.3 Å². The molecule has 0 aliphatic carbocycles. The second kappa shape index (κ2) is 3.00. The molecule has 0 bridgehead atoms. The fourth-order valence-corrected chi connectivity index (χ4v) is 1.13. The van der Waals surface area contributed by atoms with Gasteiger partial charge in [0.1, 0.15) is 0 Å². The smallest absolute Gasteiger partial charge is 0.229 e. The first-order valence-corrected chi connectivity index (χ1v) is 3.93. The summed E-state index contributed by atoms with van der Waals surface area (Å²) < 4.78 is 26.2. The molecule has 0 spiro atoms. The van der Waals surface area contributed by atoms with Crippen LogP contribution < -0.4 is 10.9 Å². The minimum atomic E-state index is -2.72. The van der Waals surface area contributed by atoms with Crippen LogP contribution >= 0.6 is 0 Å². The van der Waals surface area contributed by atoms with Gasteiger partial charge in [-0.2, -0.15) is 0 Å². The van der Waals surface area contributed by atoms with Crippen LogP contribution in [-0.4, -0.2) is 11.6 Å². The molecule has 4 heteroatoms. The Morgan fingerprint density at radius 2 is 2.08 bits per heavy atom. The third-order valence-electron chi connectivity index (χ3n) is 2.14. The van der Waals surface area contributed by atoms with Gasteiger partial charge in [-0.25, -0.2) is 19.6 Å². The Hall–Kier alpha value is -0.660. The largest absolute Gasteiger partial charge is 0.280 e. The van der Waals surface area contributed by atoms with Gasteiger partial charge in [-0.15, -0.1) is 12.3 Å². The van der Waals surface area contributed by atoms with Crippen LogP contribution in [0.4, 0.5) is 8.78 Å². The van der Waals surface area contributed by atoms with E-state index in [1.807, 2.05) is 0 Å². The van der Waals surface area contributed by atoms with Crippen molar-refractivity contribution >= 4 is 0 Å². The van der Waals surface area contributed by atoms with Crippen molar-refractivity contribution in [3.8, 4) is 12.3 Å². The van der Waals surface area contributed by atoms with Crippen molar-refractivity contribution in [3.05, 3.63) is 0 Å². The van der Waals surface area contributed by atoms with Crippen LogP contribution in [0.1, 0.15) is 26.2 Å². The molecule has 0 amide bonds. The summed E-state index contributed by atoms with van der Waals surface area (Å²) in [5, 5.41) is 0. The zero-order chi connectivity index (χ0) is 9.24. The number of hydrogen-bond acceptors (Lipinski definition) is 2. The lowest BCUT2D eigenvalue weighted by Gasteiger charge is -2.21. The quantitative estimate of drug-likeness (QED) is 0.497. The molecule has 1 rings (SSSR count). The number of rotatable bonds is 4. The molecule has 2 N–H and O–H groups in total. The molecule has 1 heterocycles. The minimum Gasteiger partial charge on any atom is -0.229 e. The standard InChI is InChI=1S/C8H12F2N2/c1-3-5-6-8(11-12-8)7(9,10)4-2/h1,11-12H,4-6H2,2H3. The number of alkyl halides is 2. The molecular formula is C8H12F2N2. The maximum atomic E-state index is 13.1. The predicted molar refractivity (Wildman–Crippen MR) is 42.3 cm³/mol. The van der Waals surface area contributed by atoms with Crippen LogP contribution in [-0.2, 0) is 0 Å². The van der Waals surface area contributed by atoms with Gasteiger partial charge in [0, 0.05) is 12.8 Å². The first-order chi connectivity index (χ1) is 5.58. The summed E-state index contributed by atoms with van der Waals surface area (Å²) >= 11 is 0. The Morgan fingerprint density at radius 3 is 2.42 bits per heavy atom. The predicted octanol–water partition coefficient (Wildman–Crippen LogP) is 1.25. The van der Waals surface area contributed by atoms with Crippen LogP contribution in [0.3, 0.4) is 0 Å². The van der Waals surface area contributed by atoms with E-state index in [0.717, 1.165) is 0 Å². The highest BCUT2D eigenvalue weighted by Crippen LogP contribution is 2.38. The van der Waals surface area contributed by atoms with E-state index in [4.69, 9.17) is 6.42 Å². The SMILES string of the molecule is C#CCCC1(C(F)(F)CC)NN1. The number of terminal acetylenes is 1. The molecule has 0 atom stereocenters. The van der Waals surface area contributed by atoms with Crippen molar-refractivity contribution in [2.24, 2.45) is 0 Å². The Kier molecular flexibility index (Phi) is 2.36. The van der Waals surface area contributed by atoms with E-state index in [0.29, 0.717) is 6.42 Å². The summed E-state index contributed by atoms with van der Waals surface area (Å²) in [5.41, 5.74) is 3.73. The van der Waals surface area contributed by atoms with Gasteiger partial charge in [0.05, 0.1) is 0 Å². The highest BCUT2D eigenvalue weighted by atomic mass is 19.3. The molecule has 0 aromatic carbocycles. The first kappa shape index (κ1) is 9.43. The highest BCUT2D eigenvalue weighted by molar-refractivity contribution is 5.07. The molecule has 1 saturated heterocycles. The molecule has 0 saturated carbocycles. The van der Waals surface area contributed by atoms with E-state index in [-0.39, 0.29) is 12.8 Å². The lowest BCUT2D eigenvalue weighted by molar-refractivity contribution is -0.0490. The average molecular weight is 174 g/mol. The van der Waals surface area contributed by atoms with Crippen LogP contribution in [0.5, 0.6) is 0 Å². The van der Waals surface area contributed by atoms with E-state index in [9.17, 15) is 8.78 Å². The van der Waals surface area contributed by atoms with Crippen molar-refractivity contribution in [3.63, 3.8) is 0 Å². The van der Waals surface area contributed by atoms with Crippen molar-refractivity contribution in [2.75, 3.05) is 0 Å². The molecule has 0 aromatic heterocycles. The first-order valence-electron chi connectivity index (χ1n) is 3.93. The van der Waals surface area contributed by atoms with E-state index < -0.39 is 11.6 Å². The van der Waals surface area contributed by atoms with Crippen molar-refractivity contribution in [1.82, 2.24) is 10.9 Å². The summed E-state index contributed by atoms with van der Waals surface area (Å²) in [5.74, 6) is -0.372. The summed E-state index contributed by atoms with van der Waals surface area (Å²) in [6.07, 6.45) is 5.44. The minimum absolute atomic E-state index is 0.183. The van der Waals surface area contributed by atoms with E-state index >= 15 is 0 Å². The van der Waals surface area contributed by atoms with Crippen LogP contribution in [0.25, 0.3) is 0 Å². The Bertz CT molecular complexity index is 204. The molecule has 0 radical (unpaired) electrons. The lowest BCUT2D eigenvalue weighted by Crippen LogP contribution is -2.40. The number of hydrazine groups is 1. The summed E-state index contributed by atoms with van der Waals surface area (Å²) in [7, 11) is 0. The molecule has 1 fully saturated rings. The number of halogens is 2. The second-order valence-corrected chi connectivity index (χ2v) is 2.92. The van der Waals surface area contributed by atoms with Gasteiger partial charge in [0.25, 0.3) is 5.92 Å². The Morgan fingerprint density at radius 1 is 1.50 bits per heavy atom. The fourth-order valence-electron chi connectivity index (χ4n) is 1.13. The van der Waals surface area contributed by atoms with E-state index in [2.05, 4.69) is 16.8 Å². The van der Waals surface area contributed by atoms with Gasteiger partial charge in [0.2, 0.25) is 0 Å². The third-order valence-corrected chi connectivity index (χ3v) is 2.14. The van der Waals surface area contributed by atoms with Crippen LogP contribution in [0.15, 0.2) is 0 Å². The number of nitrogens with one attached hydrogen (secondary N) is 2. The Labute approximate surface area is 70.7 Å². The van der Waals surface area contributed by atoms with Gasteiger partial charge in [-0.05, 0) is 6.42 Å². The van der Waals surface area contributed by atoms with E-state index in [1.54, 1.807) is 0 Å². The normalized spacial score (nSPS) is 20.2. The van der Waals surface area contributed by atoms with Gasteiger partial charge in [0.15, 0.2) is 5.66 Å². The third kappa shape index (κ3) is 1.43. The summed E-state index contributed by atoms with van der Waals surface area (Å²) in [4.78, 5) is 0. The van der Waals surface area contributed by atoms with Crippen LogP contribution in [0.2, 0.25) is 0 Å². The molecule has 1 aliphatic heterocycles. The zero-order valence-electron chi connectivity index (χ0n) is 6.95. The monoisotopic (exact) mass is 174 g/mol. The highest BCUT2D eigenvalue weighted by Gasteiger charge is 2.60. The molecule has 0 aromatic rings. The average Bonchev–Trinajstić information content (AvgIpc) is 2.82. The Balaban J connectivity index is 2.55. The molecule has 68 valence electrons. The molecular weight excluding hydrogens is 162 g/mol. The number of hydrogen-bond donors (Lipinski definition) is 2. The lowest BCUT2D eigenvalue weighted by atomic mass is 9.99.